The first-order chi connectivity index (χ1) is 10.6. The van der Waals surface area contributed by atoms with Crippen molar-refractivity contribution in [2.75, 3.05) is 6.35 Å². The van der Waals surface area contributed by atoms with Crippen LogP contribution >= 0.6 is 7.52 Å². The van der Waals surface area contributed by atoms with Gasteiger partial charge in [-0.25, -0.2) is 5.09 Å². The Balaban J connectivity index is 1.97. The van der Waals surface area contributed by atoms with E-state index in [0.29, 0.717) is 12.4 Å². The van der Waals surface area contributed by atoms with Gasteiger partial charge in [0.05, 0.1) is 6.61 Å². The highest BCUT2D eigenvalue weighted by atomic mass is 31.2. The molecule has 0 spiro atoms. The van der Waals surface area contributed by atoms with Crippen molar-refractivity contribution in [2.24, 2.45) is 0 Å². The van der Waals surface area contributed by atoms with Crippen molar-refractivity contribution >= 4 is 7.52 Å². The van der Waals surface area contributed by atoms with Gasteiger partial charge in [-0.1, -0.05) is 48.5 Å². The van der Waals surface area contributed by atoms with Gasteiger partial charge in [0.2, 0.25) is 0 Å². The van der Waals surface area contributed by atoms with Crippen LogP contribution in [0.5, 0.6) is 5.75 Å². The molecule has 2 rings (SSSR count). The van der Waals surface area contributed by atoms with E-state index in [4.69, 9.17) is 9.26 Å². The molecule has 1 atom stereocenters. The molecule has 0 aliphatic heterocycles. The zero-order valence-electron chi connectivity index (χ0n) is 12.9. The molecule has 0 heterocycles. The molecule has 0 unspecified atom stereocenters. The molecule has 0 radical (unpaired) electrons. The highest BCUT2D eigenvalue weighted by molar-refractivity contribution is 7.57. The Morgan fingerprint density at radius 2 is 1.59 bits per heavy atom. The molecule has 2 aromatic carbocycles. The van der Waals surface area contributed by atoms with Crippen molar-refractivity contribution in [3.8, 4) is 5.75 Å². The van der Waals surface area contributed by atoms with E-state index in [0.717, 1.165) is 5.56 Å². The standard InChI is InChI=1S/C17H22NO3P/c1-15(2)18-22(19,21-17-11-7-4-8-12-17)14-20-13-16-9-5-3-6-10-16/h3-12,15H,13-14H2,1-2H3,(H,18,19)/t22-/m1/s1. The molecule has 0 saturated heterocycles. The lowest BCUT2D eigenvalue weighted by Gasteiger charge is -2.22. The molecule has 1 N–H and O–H groups in total. The summed E-state index contributed by atoms with van der Waals surface area (Å²) in [6.45, 7) is 4.26. The normalized spacial score (nSPS) is 13.8. The van der Waals surface area contributed by atoms with E-state index in [-0.39, 0.29) is 12.4 Å². The average molecular weight is 319 g/mol. The second kappa shape index (κ2) is 8.14. The Morgan fingerprint density at radius 1 is 1.00 bits per heavy atom. The fraction of sp³-hybridized carbons (Fsp3) is 0.294. The van der Waals surface area contributed by atoms with Gasteiger partial charge in [0.1, 0.15) is 12.1 Å². The lowest BCUT2D eigenvalue weighted by atomic mass is 10.2. The number of nitrogens with one attached hydrogen (secondary N) is 1. The van der Waals surface area contributed by atoms with Gasteiger partial charge in [-0.15, -0.1) is 0 Å². The zero-order valence-corrected chi connectivity index (χ0v) is 13.8. The molecule has 0 aromatic heterocycles. The molecule has 5 heteroatoms. The van der Waals surface area contributed by atoms with Crippen LogP contribution in [0.15, 0.2) is 60.7 Å². The molecular formula is C17H22NO3P. The van der Waals surface area contributed by atoms with Gasteiger partial charge in [-0.05, 0) is 31.5 Å². The molecule has 4 nitrogen and oxygen atoms in total. The second-order valence-electron chi connectivity index (χ2n) is 5.32. The van der Waals surface area contributed by atoms with E-state index >= 15 is 0 Å². The van der Waals surface area contributed by atoms with Gasteiger partial charge >= 0.3 is 7.52 Å². The van der Waals surface area contributed by atoms with Crippen LogP contribution in [0.4, 0.5) is 0 Å². The third-order valence-electron chi connectivity index (χ3n) is 2.82. The number of para-hydroxylation sites is 1. The summed E-state index contributed by atoms with van der Waals surface area (Å²) in [5.41, 5.74) is 1.04. The topological polar surface area (TPSA) is 47.6 Å². The molecule has 118 valence electrons. The Labute approximate surface area is 132 Å². The number of benzene rings is 2. The minimum absolute atomic E-state index is 0.0228. The average Bonchev–Trinajstić information content (AvgIpc) is 2.48. The summed E-state index contributed by atoms with van der Waals surface area (Å²) < 4.78 is 24.2. The van der Waals surface area contributed by atoms with Crippen LogP contribution in [-0.4, -0.2) is 12.4 Å². The van der Waals surface area contributed by atoms with Crippen LogP contribution in [0.1, 0.15) is 19.4 Å². The van der Waals surface area contributed by atoms with Gasteiger partial charge in [-0.3, -0.25) is 4.57 Å². The maximum Gasteiger partial charge on any atom is 0.342 e. The summed E-state index contributed by atoms with van der Waals surface area (Å²) >= 11 is 0. The van der Waals surface area contributed by atoms with Gasteiger partial charge in [0, 0.05) is 6.04 Å². The summed E-state index contributed by atoms with van der Waals surface area (Å²) in [5.74, 6) is 0.572. The SMILES string of the molecule is CC(C)N[P@@](=O)(COCc1ccccc1)Oc1ccccc1. The molecule has 0 saturated carbocycles. The van der Waals surface area contributed by atoms with Gasteiger partial charge in [-0.2, -0.15) is 0 Å². The van der Waals surface area contributed by atoms with Crippen LogP contribution in [0, 0.1) is 0 Å². The number of ether oxygens (including phenoxy) is 1. The first-order valence-corrected chi connectivity index (χ1v) is 9.11. The highest BCUT2D eigenvalue weighted by Gasteiger charge is 2.26. The zero-order chi connectivity index (χ0) is 15.8. The minimum atomic E-state index is -3.11. The van der Waals surface area contributed by atoms with E-state index < -0.39 is 7.52 Å². The molecule has 22 heavy (non-hydrogen) atoms. The maximum absolute atomic E-state index is 12.9. The van der Waals surface area contributed by atoms with Crippen LogP contribution < -0.4 is 9.61 Å². The van der Waals surface area contributed by atoms with Gasteiger partial charge in [0.15, 0.2) is 0 Å². The van der Waals surface area contributed by atoms with E-state index in [1.807, 2.05) is 62.4 Å². The summed E-state index contributed by atoms with van der Waals surface area (Å²) in [6, 6.07) is 19.0. The van der Waals surface area contributed by atoms with Crippen molar-refractivity contribution in [1.29, 1.82) is 0 Å². The lowest BCUT2D eigenvalue weighted by molar-refractivity contribution is 0.154. The predicted molar refractivity (Wildman–Crippen MR) is 89.0 cm³/mol. The van der Waals surface area contributed by atoms with Crippen LogP contribution in [0.2, 0.25) is 0 Å². The molecule has 0 aliphatic rings. The molecule has 2 aromatic rings. The van der Waals surface area contributed by atoms with Gasteiger partial charge < -0.3 is 9.26 Å². The molecule has 0 aliphatic carbocycles. The monoisotopic (exact) mass is 319 g/mol. The third-order valence-corrected chi connectivity index (χ3v) is 4.76. The lowest BCUT2D eigenvalue weighted by Crippen LogP contribution is -2.24. The summed E-state index contributed by atoms with van der Waals surface area (Å²) in [7, 11) is -3.11. The maximum atomic E-state index is 12.9. The molecule has 0 fully saturated rings. The van der Waals surface area contributed by atoms with E-state index in [2.05, 4.69) is 5.09 Å². The number of hydrogen-bond acceptors (Lipinski definition) is 3. The van der Waals surface area contributed by atoms with Gasteiger partial charge in [0.25, 0.3) is 0 Å². The van der Waals surface area contributed by atoms with Crippen molar-refractivity contribution in [2.45, 2.75) is 26.5 Å². The summed E-state index contributed by atoms with van der Waals surface area (Å²) in [5, 5.41) is 3.00. The fourth-order valence-corrected chi connectivity index (χ4v) is 3.75. The second-order valence-corrected chi connectivity index (χ2v) is 7.37. The predicted octanol–water partition coefficient (Wildman–Crippen LogP) is 4.43. The largest absolute Gasteiger partial charge is 0.431 e. The molecular weight excluding hydrogens is 297 g/mol. The summed E-state index contributed by atoms with van der Waals surface area (Å²) in [6.07, 6.45) is 0.0228. The van der Waals surface area contributed by atoms with E-state index in [9.17, 15) is 4.57 Å². The first-order valence-electron chi connectivity index (χ1n) is 7.30. The Bertz CT molecular complexity index is 602. The van der Waals surface area contributed by atoms with Crippen molar-refractivity contribution in [1.82, 2.24) is 5.09 Å². The minimum Gasteiger partial charge on any atom is -0.431 e. The fourth-order valence-electron chi connectivity index (χ4n) is 1.99. The third kappa shape index (κ3) is 5.64. The number of rotatable bonds is 8. The van der Waals surface area contributed by atoms with E-state index in [1.165, 1.54) is 0 Å². The smallest absolute Gasteiger partial charge is 0.342 e. The molecule has 0 bridgehead atoms. The van der Waals surface area contributed by atoms with Crippen molar-refractivity contribution in [3.05, 3.63) is 66.2 Å². The van der Waals surface area contributed by atoms with Crippen LogP contribution in [-0.2, 0) is 15.9 Å². The van der Waals surface area contributed by atoms with Crippen LogP contribution in [0.3, 0.4) is 0 Å². The highest BCUT2D eigenvalue weighted by Crippen LogP contribution is 2.43. The van der Waals surface area contributed by atoms with Crippen LogP contribution in [0.25, 0.3) is 0 Å². The van der Waals surface area contributed by atoms with Crippen molar-refractivity contribution in [3.63, 3.8) is 0 Å². The molecule has 0 amide bonds. The van der Waals surface area contributed by atoms with E-state index in [1.54, 1.807) is 12.1 Å². The summed E-state index contributed by atoms with van der Waals surface area (Å²) in [4.78, 5) is 0. The van der Waals surface area contributed by atoms with Crippen molar-refractivity contribution < 1.29 is 13.8 Å². The Morgan fingerprint density at radius 3 is 2.18 bits per heavy atom. The Kier molecular flexibility index (Phi) is 6.20. The quantitative estimate of drug-likeness (QED) is 0.731. The number of hydrogen-bond donors (Lipinski definition) is 1. The first kappa shape index (κ1) is 16.8. The Hall–Kier alpha value is -1.61.